The minimum atomic E-state index is -0.383. The minimum Gasteiger partial charge on any atom is -0.497 e. The van der Waals surface area contributed by atoms with Crippen molar-refractivity contribution in [3.63, 3.8) is 0 Å². The average Bonchev–Trinajstić information content (AvgIpc) is 3.48. The van der Waals surface area contributed by atoms with Gasteiger partial charge in [0.2, 0.25) is 5.96 Å². The normalized spacial score (nSPS) is 17.9. The van der Waals surface area contributed by atoms with Crippen molar-refractivity contribution in [2.24, 2.45) is 15.7 Å². The molecule has 10 heteroatoms. The minimum absolute atomic E-state index is 0.232. The van der Waals surface area contributed by atoms with E-state index in [4.69, 9.17) is 19.9 Å². The number of nitrogens with two attached hydrogens (primary N) is 1. The number of furan rings is 1. The molecule has 0 aliphatic carbocycles. The van der Waals surface area contributed by atoms with Crippen molar-refractivity contribution >= 4 is 17.6 Å². The van der Waals surface area contributed by atoms with Crippen LogP contribution < -0.4 is 16.2 Å². The standard InChI is InChI=1S/C21H23N7O3/c1-26-17(15-6-4-12-31-15)24-19-16-18(25-20(22)28(19)26)27(21(29)23-16)11-3-5-13-7-9-14(30-2)10-8-13/h4,6-10,12,17H,3,5,11H2,1-2H3,(H2,22,25)(H,23,29). The van der Waals surface area contributed by atoms with Crippen LogP contribution in [0.5, 0.6) is 5.75 Å². The fourth-order valence-electron chi connectivity index (χ4n) is 3.97. The fourth-order valence-corrected chi connectivity index (χ4v) is 3.97. The van der Waals surface area contributed by atoms with Crippen molar-refractivity contribution < 1.29 is 9.15 Å². The van der Waals surface area contributed by atoms with Gasteiger partial charge < -0.3 is 19.9 Å². The summed E-state index contributed by atoms with van der Waals surface area (Å²) >= 11 is 0. The number of aliphatic imine (C=N–C) groups is 2. The number of nitrogens with zero attached hydrogens (tertiary/aromatic N) is 5. The zero-order valence-electron chi connectivity index (χ0n) is 17.3. The van der Waals surface area contributed by atoms with Crippen LogP contribution in [0.3, 0.4) is 0 Å². The molecule has 1 unspecified atom stereocenters. The van der Waals surface area contributed by atoms with Gasteiger partial charge in [-0.15, -0.1) is 0 Å². The van der Waals surface area contributed by atoms with Crippen LogP contribution in [0.2, 0.25) is 0 Å². The van der Waals surface area contributed by atoms with Gasteiger partial charge in [-0.2, -0.15) is 10.0 Å². The topological polar surface area (TPSA) is 117 Å². The number of methoxy groups -OCH3 is 1. The van der Waals surface area contributed by atoms with Gasteiger partial charge in [0.15, 0.2) is 17.8 Å². The number of H-pyrrole nitrogens is 1. The molecule has 0 amide bonds. The van der Waals surface area contributed by atoms with E-state index >= 15 is 0 Å². The second-order valence-electron chi connectivity index (χ2n) is 7.43. The first-order chi connectivity index (χ1) is 15.1. The Bertz CT molecular complexity index is 1200. The lowest BCUT2D eigenvalue weighted by molar-refractivity contribution is 0.108. The van der Waals surface area contributed by atoms with Crippen molar-refractivity contribution in [1.29, 1.82) is 0 Å². The Balaban J connectivity index is 1.40. The van der Waals surface area contributed by atoms with E-state index in [9.17, 15) is 4.79 Å². The van der Waals surface area contributed by atoms with Gasteiger partial charge in [-0.25, -0.2) is 14.8 Å². The first kappa shape index (κ1) is 19.2. The molecular weight excluding hydrogens is 398 g/mol. The van der Waals surface area contributed by atoms with Gasteiger partial charge in [0.05, 0.1) is 13.4 Å². The maximum atomic E-state index is 12.7. The van der Waals surface area contributed by atoms with Crippen LogP contribution in [-0.4, -0.2) is 45.5 Å². The van der Waals surface area contributed by atoms with Crippen LogP contribution in [0.4, 0.5) is 5.82 Å². The highest BCUT2D eigenvalue weighted by atomic mass is 16.5. The number of hydrazine groups is 1. The van der Waals surface area contributed by atoms with Crippen molar-refractivity contribution in [3.8, 4) is 5.75 Å². The molecule has 2 aliphatic heterocycles. The molecule has 2 aromatic heterocycles. The number of rotatable bonds is 6. The Morgan fingerprint density at radius 3 is 2.77 bits per heavy atom. The van der Waals surface area contributed by atoms with E-state index in [1.165, 1.54) is 5.56 Å². The quantitative estimate of drug-likeness (QED) is 0.628. The van der Waals surface area contributed by atoms with E-state index in [-0.39, 0.29) is 17.8 Å². The smallest absolute Gasteiger partial charge is 0.327 e. The Labute approximate surface area is 178 Å². The number of ether oxygens (including phenoxy) is 1. The second kappa shape index (κ2) is 7.47. The van der Waals surface area contributed by atoms with E-state index in [1.54, 1.807) is 22.9 Å². The third kappa shape index (κ3) is 3.21. The van der Waals surface area contributed by atoms with Crippen molar-refractivity contribution in [2.45, 2.75) is 25.6 Å². The Morgan fingerprint density at radius 2 is 2.06 bits per heavy atom. The largest absolute Gasteiger partial charge is 0.497 e. The van der Waals surface area contributed by atoms with Crippen LogP contribution in [-0.2, 0) is 13.0 Å². The van der Waals surface area contributed by atoms with Crippen LogP contribution in [0.25, 0.3) is 0 Å². The molecule has 1 aromatic carbocycles. The molecule has 160 valence electrons. The number of aryl methyl sites for hydroxylation is 1. The van der Waals surface area contributed by atoms with E-state index in [0.717, 1.165) is 18.6 Å². The monoisotopic (exact) mass is 421 g/mol. The van der Waals surface area contributed by atoms with E-state index in [1.807, 2.05) is 48.5 Å². The van der Waals surface area contributed by atoms with E-state index in [2.05, 4.69) is 9.98 Å². The van der Waals surface area contributed by atoms with Crippen LogP contribution in [0.15, 0.2) is 61.9 Å². The number of benzene rings is 1. The number of amidine groups is 1. The highest BCUT2D eigenvalue weighted by Gasteiger charge is 2.41. The molecule has 2 aliphatic rings. The van der Waals surface area contributed by atoms with Crippen molar-refractivity contribution in [3.05, 3.63) is 70.2 Å². The Morgan fingerprint density at radius 1 is 1.26 bits per heavy atom. The summed E-state index contributed by atoms with van der Waals surface area (Å²) in [6.45, 7) is 0.512. The predicted molar refractivity (Wildman–Crippen MR) is 115 cm³/mol. The molecule has 0 spiro atoms. The number of hydrogen-bond acceptors (Lipinski definition) is 8. The summed E-state index contributed by atoms with van der Waals surface area (Å²) in [7, 11) is 3.49. The van der Waals surface area contributed by atoms with Gasteiger partial charge in [-0.05, 0) is 42.7 Å². The predicted octanol–water partition coefficient (Wildman–Crippen LogP) is 1.98. The lowest BCUT2D eigenvalue weighted by Gasteiger charge is -2.30. The van der Waals surface area contributed by atoms with Gasteiger partial charge in [0.1, 0.15) is 17.2 Å². The molecule has 5 rings (SSSR count). The van der Waals surface area contributed by atoms with Gasteiger partial charge >= 0.3 is 5.69 Å². The van der Waals surface area contributed by atoms with Gasteiger partial charge in [0.25, 0.3) is 0 Å². The zero-order chi connectivity index (χ0) is 21.5. The Kier molecular flexibility index (Phi) is 4.63. The van der Waals surface area contributed by atoms with Crippen LogP contribution in [0.1, 0.15) is 29.6 Å². The van der Waals surface area contributed by atoms with Gasteiger partial charge in [-0.1, -0.05) is 12.1 Å². The van der Waals surface area contributed by atoms with Crippen molar-refractivity contribution in [1.82, 2.24) is 19.6 Å². The summed E-state index contributed by atoms with van der Waals surface area (Å²) < 4.78 is 12.3. The third-order valence-corrected chi connectivity index (χ3v) is 5.54. The summed E-state index contributed by atoms with van der Waals surface area (Å²) in [6.07, 6.45) is 2.82. The lowest BCUT2D eigenvalue weighted by atomic mass is 10.1. The summed E-state index contributed by atoms with van der Waals surface area (Å²) in [6, 6.07) is 11.6. The molecule has 1 atom stereocenters. The molecule has 0 fully saturated rings. The van der Waals surface area contributed by atoms with E-state index in [0.29, 0.717) is 29.7 Å². The molecule has 10 nitrogen and oxygen atoms in total. The molecule has 0 bridgehead atoms. The van der Waals surface area contributed by atoms with Gasteiger partial charge in [0, 0.05) is 13.6 Å². The number of fused-ring (bicyclic) bond motifs is 3. The van der Waals surface area contributed by atoms with E-state index < -0.39 is 0 Å². The average molecular weight is 421 g/mol. The molecule has 3 aromatic rings. The summed E-state index contributed by atoms with van der Waals surface area (Å²) in [5.74, 6) is 2.81. The SMILES string of the molecule is COc1ccc(CCCn2c3c([nH]c2=O)C2=NC(c4ccco4)N(C)N2C(N)=N3)cc1. The number of guanidine groups is 1. The third-order valence-electron chi connectivity index (χ3n) is 5.54. The maximum absolute atomic E-state index is 12.7. The first-order valence-corrected chi connectivity index (χ1v) is 10.0. The number of aromatic nitrogens is 2. The summed E-state index contributed by atoms with van der Waals surface area (Å²) in [4.78, 5) is 24.8. The summed E-state index contributed by atoms with van der Waals surface area (Å²) in [5, 5.41) is 3.52. The molecule has 4 heterocycles. The maximum Gasteiger partial charge on any atom is 0.327 e. The number of aromatic amines is 1. The van der Waals surface area contributed by atoms with Gasteiger partial charge in [-0.3, -0.25) is 4.57 Å². The first-order valence-electron chi connectivity index (χ1n) is 10.0. The number of nitrogens with one attached hydrogen (secondary N) is 1. The fraction of sp³-hybridized carbons (Fsp3) is 0.286. The van der Waals surface area contributed by atoms with Crippen molar-refractivity contribution in [2.75, 3.05) is 14.2 Å². The molecule has 31 heavy (non-hydrogen) atoms. The second-order valence-corrected chi connectivity index (χ2v) is 7.43. The number of imidazole rings is 1. The molecule has 3 N–H and O–H groups in total. The highest BCUT2D eigenvalue weighted by molar-refractivity contribution is 6.13. The highest BCUT2D eigenvalue weighted by Crippen LogP contribution is 2.35. The molecule has 0 saturated heterocycles. The van der Waals surface area contributed by atoms with Crippen LogP contribution in [0, 0.1) is 0 Å². The zero-order valence-corrected chi connectivity index (χ0v) is 17.3. The lowest BCUT2D eigenvalue weighted by Crippen LogP contribution is -2.49. The number of hydrogen-bond donors (Lipinski definition) is 2. The molecular formula is C21H23N7O3. The summed E-state index contributed by atoms with van der Waals surface area (Å²) in [5.41, 5.74) is 7.75. The molecule has 0 saturated carbocycles. The Hall–Kier alpha value is -3.79. The molecule has 0 radical (unpaired) electrons. The van der Waals surface area contributed by atoms with Crippen LogP contribution >= 0.6 is 0 Å².